The summed E-state index contributed by atoms with van der Waals surface area (Å²) in [4.78, 5) is 10.1. The number of carboxylic acid groups (broad SMARTS) is 1. The lowest BCUT2D eigenvalue weighted by atomic mass is 9.27. The maximum absolute atomic E-state index is 10.1. The largest absolute Gasteiger partial charge is 0.480 e. The van der Waals surface area contributed by atoms with Crippen LogP contribution in [0.4, 0.5) is 0 Å². The van der Waals surface area contributed by atoms with Crippen LogP contribution in [0.5, 0.6) is 0 Å². The van der Waals surface area contributed by atoms with Crippen LogP contribution >= 0.6 is 11.8 Å². The van der Waals surface area contributed by atoms with Crippen LogP contribution in [0.2, 0.25) is 0 Å². The van der Waals surface area contributed by atoms with E-state index < -0.39 is 12.0 Å². The second kappa shape index (κ2) is 4.64. The third kappa shape index (κ3) is 4.29. The van der Waals surface area contributed by atoms with Crippen LogP contribution in [0.15, 0.2) is 0 Å². The minimum Gasteiger partial charge on any atom is -0.480 e. The first-order valence-electron chi connectivity index (χ1n) is 2.65. The van der Waals surface area contributed by atoms with Gasteiger partial charge >= 0.3 is 5.97 Å². The Balaban J connectivity index is 3.27. The number of nitrogens with two attached hydrogens (primary N) is 1. The van der Waals surface area contributed by atoms with E-state index in [1.165, 1.54) is 0 Å². The summed E-state index contributed by atoms with van der Waals surface area (Å²) in [7, 11) is 0. The Labute approximate surface area is 58.6 Å². The van der Waals surface area contributed by atoms with Gasteiger partial charge in [-0.1, -0.05) is 0 Å². The summed E-state index contributed by atoms with van der Waals surface area (Å²) in [5.74, 6) is -0.1000. The van der Waals surface area contributed by atoms with Gasteiger partial charge in [-0.3, -0.25) is 4.79 Å². The highest BCUT2D eigenvalue weighted by atomic mass is 32.2. The number of rotatable bonds is 4. The van der Waals surface area contributed by atoms with Crippen LogP contribution in [0, 0.1) is 0 Å². The van der Waals surface area contributed by atoms with Gasteiger partial charge in [-0.25, -0.2) is 0 Å². The molecule has 1 atom stereocenters. The molecule has 0 aliphatic heterocycles. The van der Waals surface area contributed by atoms with Crippen LogP contribution in [0.3, 0.4) is 0 Å². The van der Waals surface area contributed by atoms with Crippen molar-refractivity contribution in [2.75, 3.05) is 12.0 Å². The monoisotopic (exact) mass is 144 g/mol. The molecule has 54 valence electrons. The Morgan fingerprint density at radius 1 is 1.89 bits per heavy atom. The standard InChI is InChI=1S/C5H11NO2S/c1-9-3-2-4(6)5(7)8/h4H,2-3,6H2,1H3,(H,7,8)/t4-/m0/s1/i1-1,2-1,3-1,4-1,5-1. The molecule has 0 aliphatic carbocycles. The van der Waals surface area contributed by atoms with Crippen LogP contribution in [-0.4, -0.2) is 29.1 Å². The molecule has 0 aromatic rings. The number of thioether (sulfide) groups is 1. The highest BCUT2D eigenvalue weighted by molar-refractivity contribution is 7.98. The van der Waals surface area contributed by atoms with Crippen molar-refractivity contribution in [1.82, 2.24) is 0 Å². The van der Waals surface area contributed by atoms with Crippen molar-refractivity contribution < 1.29 is 9.90 Å². The van der Waals surface area contributed by atoms with E-state index in [0.29, 0.717) is 6.42 Å². The van der Waals surface area contributed by atoms with E-state index in [1.54, 1.807) is 11.8 Å². The van der Waals surface area contributed by atoms with Gasteiger partial charge in [-0.05, 0) is 18.4 Å². The molecule has 0 saturated heterocycles. The van der Waals surface area contributed by atoms with Gasteiger partial charge in [-0.2, -0.15) is 11.8 Å². The molecular weight excluding hydrogens is 133 g/mol. The Morgan fingerprint density at radius 3 is 2.78 bits per heavy atom. The van der Waals surface area contributed by atoms with Gasteiger partial charge in [0.05, 0.1) is 0 Å². The molecule has 0 spiro atoms. The fourth-order valence-electron chi connectivity index (χ4n) is 0.368. The van der Waals surface area contributed by atoms with Gasteiger partial charge in [0.1, 0.15) is 6.04 Å². The summed E-state index contributed by atoms with van der Waals surface area (Å²) in [6, 6.07) is -0.683. The third-order valence-electron chi connectivity index (χ3n) is 0.950. The summed E-state index contributed by atoms with van der Waals surface area (Å²) in [6.07, 6.45) is 2.48. The number of aliphatic carboxylic acids is 1. The van der Waals surface area contributed by atoms with Crippen molar-refractivity contribution >= 4 is 17.7 Å². The van der Waals surface area contributed by atoms with Crippen molar-refractivity contribution in [1.29, 1.82) is 0 Å². The molecule has 0 unspecified atom stereocenters. The number of carbonyl (C=O) groups is 1. The minimum atomic E-state index is -0.913. The fraction of sp³-hybridized carbons (Fsp3) is 0.800. The zero-order valence-corrected chi connectivity index (χ0v) is 6.15. The van der Waals surface area contributed by atoms with E-state index >= 15 is 0 Å². The minimum absolute atomic E-state index is 0.552. The van der Waals surface area contributed by atoms with Crippen LogP contribution in [-0.2, 0) is 4.79 Å². The number of hydrogen-bond donors (Lipinski definition) is 2. The number of carboxylic acids is 1. The van der Waals surface area contributed by atoms with Crippen molar-refractivity contribution in [3.8, 4) is 0 Å². The zero-order valence-electron chi connectivity index (χ0n) is 5.33. The molecular formula is C5H11NO2S. The third-order valence-corrected chi connectivity index (χ3v) is 1.59. The second-order valence-corrected chi connectivity index (χ2v) is 2.71. The van der Waals surface area contributed by atoms with Gasteiger partial charge in [-0.15, -0.1) is 0 Å². The molecule has 4 heteroatoms. The fourth-order valence-corrected chi connectivity index (χ4v) is 0.858. The van der Waals surface area contributed by atoms with E-state index in [4.69, 9.17) is 10.8 Å². The summed E-state index contributed by atoms with van der Waals surface area (Å²) < 4.78 is 0. The van der Waals surface area contributed by atoms with Gasteiger partial charge in [0.15, 0.2) is 0 Å². The Morgan fingerprint density at radius 2 is 2.44 bits per heavy atom. The molecule has 0 aromatic carbocycles. The molecule has 3 N–H and O–H groups in total. The predicted octanol–water partition coefficient (Wildman–Crippen LogP) is 0.151. The Kier molecular flexibility index (Phi) is 4.53. The second-order valence-electron chi connectivity index (χ2n) is 1.73. The summed E-state index contributed by atoms with van der Waals surface area (Å²) in [5.41, 5.74) is 5.19. The summed E-state index contributed by atoms with van der Waals surface area (Å²) in [6.45, 7) is 0. The van der Waals surface area contributed by atoms with E-state index in [-0.39, 0.29) is 0 Å². The summed E-state index contributed by atoms with van der Waals surface area (Å²) in [5, 5.41) is 8.27. The highest BCUT2D eigenvalue weighted by Gasteiger charge is 2.08. The van der Waals surface area contributed by atoms with Crippen molar-refractivity contribution in [3.05, 3.63) is 0 Å². The van der Waals surface area contributed by atoms with Gasteiger partial charge in [0.2, 0.25) is 0 Å². The average Bonchev–Trinajstić information content (AvgIpc) is 1.82. The number of hydrogen-bond acceptors (Lipinski definition) is 3. The van der Waals surface area contributed by atoms with Crippen molar-refractivity contribution in [2.24, 2.45) is 5.73 Å². The lowest BCUT2D eigenvalue weighted by molar-refractivity contribution is -0.138. The molecule has 0 radical (unpaired) electrons. The van der Waals surface area contributed by atoms with Crippen molar-refractivity contribution in [2.45, 2.75) is 12.5 Å². The zero-order chi connectivity index (χ0) is 7.28. The maximum Gasteiger partial charge on any atom is 0.320 e. The average molecular weight is 144 g/mol. The molecule has 0 amide bonds. The molecule has 0 heterocycles. The predicted molar refractivity (Wildman–Crippen MR) is 38.6 cm³/mol. The lowest BCUT2D eigenvalue weighted by Crippen LogP contribution is -2.30. The first kappa shape index (κ1) is 8.78. The van der Waals surface area contributed by atoms with E-state index in [9.17, 15) is 4.79 Å². The molecule has 0 rings (SSSR count). The highest BCUT2D eigenvalue weighted by Crippen LogP contribution is 1.97. The SMILES string of the molecule is [11CH3]S[11CH2][11CH2][11C@H](N)[11C](=O)O. The van der Waals surface area contributed by atoms with Gasteiger partial charge < -0.3 is 10.8 Å². The smallest absolute Gasteiger partial charge is 0.320 e. The van der Waals surface area contributed by atoms with Crippen molar-refractivity contribution in [3.63, 3.8) is 0 Å². The van der Waals surface area contributed by atoms with Crippen LogP contribution < -0.4 is 5.73 Å². The normalized spacial score (nSPS) is 13.1. The molecule has 0 aromatic heterocycles. The molecule has 0 aliphatic rings. The molecule has 3 nitrogen and oxygen atoms in total. The van der Waals surface area contributed by atoms with Crippen LogP contribution in [0.25, 0.3) is 0 Å². The van der Waals surface area contributed by atoms with E-state index in [2.05, 4.69) is 0 Å². The van der Waals surface area contributed by atoms with Gasteiger partial charge in [0, 0.05) is 0 Å². The molecule has 0 fully saturated rings. The molecule has 0 saturated carbocycles. The topological polar surface area (TPSA) is 63.3 Å². The van der Waals surface area contributed by atoms with E-state index in [0.717, 1.165) is 5.75 Å². The first-order chi connectivity index (χ1) is 4.18. The summed E-state index contributed by atoms with van der Waals surface area (Å²) >= 11 is 1.60. The Hall–Kier alpha value is -0.220. The maximum atomic E-state index is 10.1. The lowest BCUT2D eigenvalue weighted by Gasteiger charge is -2.02. The Bertz CT molecular complexity index is 97.0. The first-order valence-corrected chi connectivity index (χ1v) is 4.05. The van der Waals surface area contributed by atoms with Crippen LogP contribution in [0.1, 0.15) is 6.42 Å². The molecule has 0 bridgehead atoms. The quantitative estimate of drug-likeness (QED) is 0.589. The van der Waals surface area contributed by atoms with Gasteiger partial charge in [0.25, 0.3) is 0 Å². The van der Waals surface area contributed by atoms with E-state index in [1.807, 2.05) is 6.26 Å². The molecule has 9 heavy (non-hydrogen) atoms.